The number of piperazine rings is 1. The standard InChI is InChI=1S/C28H35N5O3/c1-4-36-24-9-10-26-25(19-24)20(2)29-28(30-26)33-13-11-22(12-14-33)31-15-17-32(18-16-31)27(34)21-5-7-23(35-3)8-6-21/h5-10,19,22H,4,11-18H2,1-3H3. The molecule has 0 unspecified atom stereocenters. The van der Waals surface area contributed by atoms with E-state index in [2.05, 4.69) is 9.80 Å². The molecular formula is C28H35N5O3. The lowest BCUT2D eigenvalue weighted by atomic mass is 10.0. The molecule has 0 spiro atoms. The van der Waals surface area contributed by atoms with Crippen LogP contribution in [0, 0.1) is 6.92 Å². The minimum absolute atomic E-state index is 0.101. The highest BCUT2D eigenvalue weighted by Crippen LogP contribution is 2.27. The van der Waals surface area contributed by atoms with Crippen LogP contribution in [0.4, 0.5) is 5.95 Å². The Morgan fingerprint density at radius 3 is 2.31 bits per heavy atom. The molecule has 3 aromatic rings. The highest BCUT2D eigenvalue weighted by molar-refractivity contribution is 5.94. The van der Waals surface area contributed by atoms with Crippen LogP contribution in [0.1, 0.15) is 35.8 Å². The lowest BCUT2D eigenvalue weighted by Gasteiger charge is -2.42. The molecule has 2 aliphatic heterocycles. The van der Waals surface area contributed by atoms with Gasteiger partial charge in [-0.05, 0) is 69.2 Å². The topological polar surface area (TPSA) is 71.0 Å². The van der Waals surface area contributed by atoms with Crippen molar-refractivity contribution in [1.82, 2.24) is 19.8 Å². The summed E-state index contributed by atoms with van der Waals surface area (Å²) >= 11 is 0. The minimum Gasteiger partial charge on any atom is -0.497 e. The number of carbonyl (C=O) groups excluding carboxylic acids is 1. The van der Waals surface area contributed by atoms with Gasteiger partial charge in [-0.25, -0.2) is 9.97 Å². The van der Waals surface area contributed by atoms with Crippen LogP contribution in [0.2, 0.25) is 0 Å². The van der Waals surface area contributed by atoms with Crippen molar-refractivity contribution in [2.75, 3.05) is 57.9 Å². The third kappa shape index (κ3) is 5.09. The maximum Gasteiger partial charge on any atom is 0.253 e. The van der Waals surface area contributed by atoms with Gasteiger partial charge >= 0.3 is 0 Å². The highest BCUT2D eigenvalue weighted by Gasteiger charge is 2.30. The van der Waals surface area contributed by atoms with E-state index in [1.165, 1.54) is 0 Å². The van der Waals surface area contributed by atoms with Crippen LogP contribution in [0.3, 0.4) is 0 Å². The van der Waals surface area contributed by atoms with Gasteiger partial charge in [-0.3, -0.25) is 9.69 Å². The molecular weight excluding hydrogens is 454 g/mol. The molecule has 0 saturated carbocycles. The summed E-state index contributed by atoms with van der Waals surface area (Å²) < 4.78 is 10.8. The number of methoxy groups -OCH3 is 1. The van der Waals surface area contributed by atoms with Gasteiger partial charge in [0, 0.05) is 56.3 Å². The van der Waals surface area contributed by atoms with Crippen molar-refractivity contribution in [1.29, 1.82) is 0 Å². The van der Waals surface area contributed by atoms with Gasteiger partial charge in [-0.15, -0.1) is 0 Å². The van der Waals surface area contributed by atoms with E-state index < -0.39 is 0 Å². The first kappa shape index (κ1) is 24.3. The molecule has 0 bridgehead atoms. The summed E-state index contributed by atoms with van der Waals surface area (Å²) in [6, 6.07) is 13.9. The number of piperidine rings is 1. The molecule has 2 aliphatic rings. The number of aromatic nitrogens is 2. The predicted octanol–water partition coefficient (Wildman–Crippen LogP) is 3.77. The molecule has 0 aliphatic carbocycles. The fourth-order valence-electron chi connectivity index (χ4n) is 5.28. The van der Waals surface area contributed by atoms with E-state index in [0.29, 0.717) is 12.6 Å². The fourth-order valence-corrected chi connectivity index (χ4v) is 5.28. The summed E-state index contributed by atoms with van der Waals surface area (Å²) in [5.74, 6) is 2.54. The zero-order valence-corrected chi connectivity index (χ0v) is 21.4. The number of anilines is 1. The van der Waals surface area contributed by atoms with E-state index in [9.17, 15) is 4.79 Å². The number of aryl methyl sites for hydroxylation is 1. The van der Waals surface area contributed by atoms with Crippen LogP contribution in [0.5, 0.6) is 11.5 Å². The largest absolute Gasteiger partial charge is 0.497 e. The third-order valence-electron chi connectivity index (χ3n) is 7.36. The summed E-state index contributed by atoms with van der Waals surface area (Å²) in [5, 5.41) is 1.04. The van der Waals surface area contributed by atoms with Crippen LogP contribution in [-0.2, 0) is 0 Å². The van der Waals surface area contributed by atoms with E-state index in [4.69, 9.17) is 19.4 Å². The second kappa shape index (κ2) is 10.7. The maximum absolute atomic E-state index is 12.9. The maximum atomic E-state index is 12.9. The Hall–Kier alpha value is -3.39. The SMILES string of the molecule is CCOc1ccc2nc(N3CCC(N4CCN(C(=O)c5ccc(OC)cc5)CC4)CC3)nc(C)c2c1. The first-order chi connectivity index (χ1) is 17.6. The van der Waals surface area contributed by atoms with Crippen molar-refractivity contribution in [2.45, 2.75) is 32.7 Å². The summed E-state index contributed by atoms with van der Waals surface area (Å²) in [5.41, 5.74) is 2.66. The molecule has 1 amide bonds. The number of hydrogen-bond acceptors (Lipinski definition) is 7. The first-order valence-electron chi connectivity index (χ1n) is 12.9. The van der Waals surface area contributed by atoms with Crippen LogP contribution in [0.25, 0.3) is 10.9 Å². The molecule has 2 fully saturated rings. The molecule has 1 aromatic heterocycles. The Morgan fingerprint density at radius 1 is 0.944 bits per heavy atom. The third-order valence-corrected chi connectivity index (χ3v) is 7.36. The van der Waals surface area contributed by atoms with Gasteiger partial charge in [0.25, 0.3) is 5.91 Å². The zero-order chi connectivity index (χ0) is 25.1. The minimum atomic E-state index is 0.101. The molecule has 8 nitrogen and oxygen atoms in total. The molecule has 2 saturated heterocycles. The summed E-state index contributed by atoms with van der Waals surface area (Å²) in [7, 11) is 1.63. The van der Waals surface area contributed by atoms with Crippen molar-refractivity contribution in [3.05, 3.63) is 53.7 Å². The summed E-state index contributed by atoms with van der Waals surface area (Å²) in [4.78, 5) is 29.4. The molecule has 0 radical (unpaired) electrons. The van der Waals surface area contributed by atoms with Gasteiger partial charge in [0.1, 0.15) is 11.5 Å². The van der Waals surface area contributed by atoms with E-state index in [1.807, 2.05) is 61.2 Å². The number of ether oxygens (including phenoxy) is 2. The highest BCUT2D eigenvalue weighted by atomic mass is 16.5. The van der Waals surface area contributed by atoms with Crippen molar-refractivity contribution in [2.24, 2.45) is 0 Å². The van der Waals surface area contributed by atoms with E-state index in [0.717, 1.165) is 91.7 Å². The Morgan fingerprint density at radius 2 is 1.64 bits per heavy atom. The zero-order valence-electron chi connectivity index (χ0n) is 21.4. The summed E-state index contributed by atoms with van der Waals surface area (Å²) in [6.07, 6.45) is 2.16. The van der Waals surface area contributed by atoms with Crippen LogP contribution < -0.4 is 14.4 Å². The van der Waals surface area contributed by atoms with Gasteiger partial charge in [0.15, 0.2) is 0 Å². The van der Waals surface area contributed by atoms with Crippen molar-refractivity contribution in [3.63, 3.8) is 0 Å². The smallest absolute Gasteiger partial charge is 0.253 e. The predicted molar refractivity (Wildman–Crippen MR) is 141 cm³/mol. The van der Waals surface area contributed by atoms with Crippen molar-refractivity contribution in [3.8, 4) is 11.5 Å². The molecule has 5 rings (SSSR count). The normalized spacial score (nSPS) is 17.4. The van der Waals surface area contributed by atoms with E-state index in [-0.39, 0.29) is 5.91 Å². The number of amides is 1. The molecule has 36 heavy (non-hydrogen) atoms. The number of hydrogen-bond donors (Lipinski definition) is 0. The lowest BCUT2D eigenvalue weighted by Crippen LogP contribution is -2.54. The number of rotatable bonds is 6. The second-order valence-electron chi connectivity index (χ2n) is 9.50. The molecule has 190 valence electrons. The van der Waals surface area contributed by atoms with Crippen LogP contribution in [-0.4, -0.2) is 84.7 Å². The molecule has 0 N–H and O–H groups in total. The van der Waals surface area contributed by atoms with Gasteiger partial charge < -0.3 is 19.3 Å². The summed E-state index contributed by atoms with van der Waals surface area (Å²) in [6.45, 7) is 9.93. The van der Waals surface area contributed by atoms with Gasteiger partial charge in [0.05, 0.1) is 24.9 Å². The molecule has 2 aromatic carbocycles. The average molecular weight is 490 g/mol. The van der Waals surface area contributed by atoms with Crippen molar-refractivity contribution < 1.29 is 14.3 Å². The van der Waals surface area contributed by atoms with Crippen molar-refractivity contribution >= 4 is 22.8 Å². The number of fused-ring (bicyclic) bond motifs is 1. The monoisotopic (exact) mass is 489 g/mol. The van der Waals surface area contributed by atoms with Gasteiger partial charge in [-0.1, -0.05) is 0 Å². The Labute approximate surface area is 212 Å². The molecule has 0 atom stereocenters. The Balaban J connectivity index is 1.15. The van der Waals surface area contributed by atoms with E-state index >= 15 is 0 Å². The number of carbonyl (C=O) groups is 1. The molecule has 8 heteroatoms. The first-order valence-corrected chi connectivity index (χ1v) is 12.9. The fraction of sp³-hybridized carbons (Fsp3) is 0.464. The second-order valence-corrected chi connectivity index (χ2v) is 9.50. The van der Waals surface area contributed by atoms with Crippen LogP contribution in [0.15, 0.2) is 42.5 Å². The molecule has 3 heterocycles. The lowest BCUT2D eigenvalue weighted by molar-refractivity contribution is 0.0540. The quantitative estimate of drug-likeness (QED) is 0.522. The number of benzene rings is 2. The Bertz CT molecular complexity index is 1200. The average Bonchev–Trinajstić information content (AvgIpc) is 2.93. The number of nitrogens with zero attached hydrogens (tertiary/aromatic N) is 5. The Kier molecular flexibility index (Phi) is 7.23. The van der Waals surface area contributed by atoms with E-state index in [1.54, 1.807) is 7.11 Å². The van der Waals surface area contributed by atoms with Gasteiger partial charge in [-0.2, -0.15) is 0 Å². The van der Waals surface area contributed by atoms with Crippen LogP contribution >= 0.6 is 0 Å². The van der Waals surface area contributed by atoms with Gasteiger partial charge in [0.2, 0.25) is 5.95 Å².